The Kier molecular flexibility index (Phi) is 4.17. The van der Waals surface area contributed by atoms with Crippen LogP contribution in [0.1, 0.15) is 36.1 Å². The summed E-state index contributed by atoms with van der Waals surface area (Å²) in [6.07, 6.45) is 4.79. The molecular formula is C26H27FN2O2. The minimum Gasteiger partial charge on any atom is -0.497 e. The van der Waals surface area contributed by atoms with Crippen LogP contribution in [0.5, 0.6) is 5.75 Å². The molecule has 3 aliphatic rings. The molecule has 0 bridgehead atoms. The van der Waals surface area contributed by atoms with Gasteiger partial charge in [-0.2, -0.15) is 0 Å². The van der Waals surface area contributed by atoms with Crippen molar-refractivity contribution in [2.75, 3.05) is 20.2 Å². The highest BCUT2D eigenvalue weighted by molar-refractivity contribution is 5.85. The standard InChI is InChI=1S/C26H27FN2O2/c1-31-20-4-2-3-17(11-20)26-9-10-29(25(30)16-5-6-16)15-18(26)12-22-21-8-7-19(27)13-23(21)28-24(22)14-26/h2-4,7-8,11,13,16,18,28H,5-6,9-10,12,14-15H2,1H3/t18?,26-/m1/s1. The van der Waals surface area contributed by atoms with Crippen molar-refractivity contribution in [3.8, 4) is 5.75 Å². The van der Waals surface area contributed by atoms with Gasteiger partial charge in [-0.1, -0.05) is 12.1 Å². The van der Waals surface area contributed by atoms with Gasteiger partial charge in [-0.15, -0.1) is 0 Å². The fraction of sp³-hybridized carbons (Fsp3) is 0.423. The molecule has 1 aliphatic heterocycles. The van der Waals surface area contributed by atoms with Crippen LogP contribution in [0.2, 0.25) is 0 Å². The summed E-state index contributed by atoms with van der Waals surface area (Å²) in [5, 5.41) is 1.11. The van der Waals surface area contributed by atoms with E-state index >= 15 is 0 Å². The van der Waals surface area contributed by atoms with E-state index in [2.05, 4.69) is 28.1 Å². The number of carbonyl (C=O) groups is 1. The van der Waals surface area contributed by atoms with Crippen LogP contribution in [0.15, 0.2) is 42.5 Å². The number of likely N-dealkylation sites (tertiary alicyclic amines) is 1. The summed E-state index contributed by atoms with van der Waals surface area (Å²) in [4.78, 5) is 18.5. The number of hydrogen-bond acceptors (Lipinski definition) is 2. The van der Waals surface area contributed by atoms with E-state index < -0.39 is 0 Å². The smallest absolute Gasteiger partial charge is 0.225 e. The number of nitrogens with zero attached hydrogens (tertiary/aromatic N) is 1. The van der Waals surface area contributed by atoms with E-state index in [1.54, 1.807) is 19.2 Å². The molecule has 3 aromatic rings. The lowest BCUT2D eigenvalue weighted by Gasteiger charge is -2.51. The second kappa shape index (κ2) is 6.84. The largest absolute Gasteiger partial charge is 0.497 e. The summed E-state index contributed by atoms with van der Waals surface area (Å²) in [7, 11) is 1.70. The number of rotatable bonds is 3. The monoisotopic (exact) mass is 418 g/mol. The van der Waals surface area contributed by atoms with Gasteiger partial charge < -0.3 is 14.6 Å². The third-order valence-corrected chi connectivity index (χ3v) is 7.83. The Hall–Kier alpha value is -2.82. The zero-order valence-electron chi connectivity index (χ0n) is 17.8. The van der Waals surface area contributed by atoms with Crippen LogP contribution >= 0.6 is 0 Å². The summed E-state index contributed by atoms with van der Waals surface area (Å²) in [5.41, 5.74) is 4.60. The predicted octanol–water partition coefficient (Wildman–Crippen LogP) is 4.61. The van der Waals surface area contributed by atoms with Crippen molar-refractivity contribution in [1.29, 1.82) is 0 Å². The average molecular weight is 419 g/mol. The molecule has 5 heteroatoms. The topological polar surface area (TPSA) is 45.3 Å². The number of aromatic amines is 1. The quantitative estimate of drug-likeness (QED) is 0.675. The number of halogens is 1. The summed E-state index contributed by atoms with van der Waals surface area (Å²) < 4.78 is 19.4. The minimum absolute atomic E-state index is 0.0543. The lowest BCUT2D eigenvalue weighted by atomic mass is 9.58. The normalized spacial score (nSPS) is 25.2. The number of amides is 1. The summed E-state index contributed by atoms with van der Waals surface area (Å²) >= 11 is 0. The van der Waals surface area contributed by atoms with Crippen molar-refractivity contribution in [3.63, 3.8) is 0 Å². The van der Waals surface area contributed by atoms with E-state index in [4.69, 9.17) is 4.74 Å². The SMILES string of the molecule is COc1cccc([C@]23CCN(C(=O)C4CC4)CC2Cc2c([nH]c4cc(F)ccc24)C3)c1. The van der Waals surface area contributed by atoms with Crippen LogP contribution in [-0.4, -0.2) is 36.0 Å². The zero-order chi connectivity index (χ0) is 21.2. The zero-order valence-corrected chi connectivity index (χ0v) is 17.8. The van der Waals surface area contributed by atoms with Crippen molar-refractivity contribution in [2.45, 2.75) is 37.5 Å². The Bertz CT molecular complexity index is 1180. The van der Waals surface area contributed by atoms with Gasteiger partial charge in [-0.3, -0.25) is 4.79 Å². The lowest BCUT2D eigenvalue weighted by molar-refractivity contribution is -0.135. The first kappa shape index (κ1) is 18.9. The number of hydrogen-bond donors (Lipinski definition) is 1. The average Bonchev–Trinajstić information content (AvgIpc) is 3.58. The van der Waals surface area contributed by atoms with Gasteiger partial charge in [-0.05, 0) is 79.5 Å². The highest BCUT2D eigenvalue weighted by atomic mass is 19.1. The van der Waals surface area contributed by atoms with E-state index in [1.807, 2.05) is 12.1 Å². The Morgan fingerprint density at radius 1 is 1.23 bits per heavy atom. The van der Waals surface area contributed by atoms with E-state index in [9.17, 15) is 9.18 Å². The molecule has 2 fully saturated rings. The lowest BCUT2D eigenvalue weighted by Crippen LogP contribution is -2.55. The molecule has 6 rings (SSSR count). The van der Waals surface area contributed by atoms with E-state index in [1.165, 1.54) is 16.8 Å². The molecule has 2 aromatic carbocycles. The maximum atomic E-state index is 13.9. The molecular weight excluding hydrogens is 391 g/mol. The molecule has 0 spiro atoms. The molecule has 1 aromatic heterocycles. The number of methoxy groups -OCH3 is 1. The second-order valence-corrected chi connectivity index (χ2v) is 9.55. The van der Waals surface area contributed by atoms with E-state index in [-0.39, 0.29) is 17.2 Å². The molecule has 0 radical (unpaired) electrons. The molecule has 1 saturated heterocycles. The third kappa shape index (κ3) is 2.97. The Labute approximate surface area is 181 Å². The molecule has 1 N–H and O–H groups in total. The first-order chi connectivity index (χ1) is 15.1. The van der Waals surface area contributed by atoms with Crippen LogP contribution < -0.4 is 4.74 Å². The molecule has 1 saturated carbocycles. The van der Waals surface area contributed by atoms with Gasteiger partial charge in [0.2, 0.25) is 5.91 Å². The van der Waals surface area contributed by atoms with E-state index in [0.717, 1.165) is 61.8 Å². The summed E-state index contributed by atoms with van der Waals surface area (Å²) in [6.45, 7) is 1.59. The van der Waals surface area contributed by atoms with Crippen LogP contribution in [0.25, 0.3) is 10.9 Å². The molecule has 1 unspecified atom stereocenters. The molecule has 1 amide bonds. The fourth-order valence-electron chi connectivity index (χ4n) is 6.00. The van der Waals surface area contributed by atoms with Crippen LogP contribution in [-0.2, 0) is 23.1 Å². The summed E-state index contributed by atoms with van der Waals surface area (Å²) in [6, 6.07) is 13.5. The Balaban J connectivity index is 1.45. The maximum absolute atomic E-state index is 13.9. The number of fused-ring (bicyclic) bond motifs is 4. The first-order valence-electron chi connectivity index (χ1n) is 11.3. The Morgan fingerprint density at radius 2 is 2.10 bits per heavy atom. The van der Waals surface area contributed by atoms with Gasteiger partial charge in [0, 0.05) is 41.0 Å². The minimum atomic E-state index is -0.216. The van der Waals surface area contributed by atoms with Crippen molar-refractivity contribution in [1.82, 2.24) is 9.88 Å². The number of aromatic nitrogens is 1. The number of benzene rings is 2. The number of ether oxygens (including phenoxy) is 1. The van der Waals surface area contributed by atoms with Gasteiger partial charge in [-0.25, -0.2) is 4.39 Å². The number of piperidine rings is 1. The Morgan fingerprint density at radius 3 is 2.90 bits per heavy atom. The fourth-order valence-corrected chi connectivity index (χ4v) is 6.00. The summed E-state index contributed by atoms with van der Waals surface area (Å²) in [5.74, 6) is 1.57. The van der Waals surface area contributed by atoms with Crippen LogP contribution in [0.3, 0.4) is 0 Å². The van der Waals surface area contributed by atoms with Crippen LogP contribution in [0.4, 0.5) is 4.39 Å². The number of nitrogens with one attached hydrogen (secondary N) is 1. The second-order valence-electron chi connectivity index (χ2n) is 9.55. The van der Waals surface area contributed by atoms with E-state index in [0.29, 0.717) is 11.8 Å². The van der Waals surface area contributed by atoms with Crippen LogP contribution in [0, 0.1) is 17.7 Å². The number of H-pyrrole nitrogens is 1. The number of carbonyl (C=O) groups excluding carboxylic acids is 1. The molecule has 2 heterocycles. The molecule has 160 valence electrons. The highest BCUT2D eigenvalue weighted by Crippen LogP contribution is 2.50. The van der Waals surface area contributed by atoms with Gasteiger partial charge >= 0.3 is 0 Å². The third-order valence-electron chi connectivity index (χ3n) is 7.83. The van der Waals surface area contributed by atoms with Crippen molar-refractivity contribution in [3.05, 3.63) is 65.1 Å². The highest BCUT2D eigenvalue weighted by Gasteiger charge is 2.50. The maximum Gasteiger partial charge on any atom is 0.225 e. The molecule has 2 aliphatic carbocycles. The van der Waals surface area contributed by atoms with Gasteiger partial charge in [0.1, 0.15) is 11.6 Å². The van der Waals surface area contributed by atoms with Gasteiger partial charge in [0.25, 0.3) is 0 Å². The molecule has 4 nitrogen and oxygen atoms in total. The van der Waals surface area contributed by atoms with Crippen molar-refractivity contribution < 1.29 is 13.9 Å². The van der Waals surface area contributed by atoms with Crippen molar-refractivity contribution in [2.24, 2.45) is 11.8 Å². The van der Waals surface area contributed by atoms with Gasteiger partial charge in [0.15, 0.2) is 0 Å². The predicted molar refractivity (Wildman–Crippen MR) is 118 cm³/mol. The molecule has 2 atom stereocenters. The van der Waals surface area contributed by atoms with Gasteiger partial charge in [0.05, 0.1) is 7.11 Å². The van der Waals surface area contributed by atoms with Crippen molar-refractivity contribution >= 4 is 16.8 Å². The molecule has 31 heavy (non-hydrogen) atoms. The first-order valence-corrected chi connectivity index (χ1v) is 11.3.